The van der Waals surface area contributed by atoms with Gasteiger partial charge in [-0.2, -0.15) is 13.2 Å². The van der Waals surface area contributed by atoms with Gasteiger partial charge >= 0.3 is 17.3 Å². The fourth-order valence-electron chi connectivity index (χ4n) is 2.74. The maximum absolute atomic E-state index is 13.5. The van der Waals surface area contributed by atoms with Crippen molar-refractivity contribution in [2.45, 2.75) is 19.6 Å². The highest BCUT2D eigenvalue weighted by Gasteiger charge is 2.34. The molecule has 3 aromatic rings. The topological polar surface area (TPSA) is 54.9 Å². The molecule has 25 heavy (non-hydrogen) atoms. The number of hydrogen-bond acceptors (Lipinski definition) is 2. The Morgan fingerprint density at radius 2 is 1.72 bits per heavy atom. The minimum atomic E-state index is -4.69. The summed E-state index contributed by atoms with van der Waals surface area (Å²) in [5, 5.41) is 0. The molecule has 0 unspecified atom stereocenters. The number of alkyl halides is 3. The number of hydrogen-bond donors (Lipinski definition) is 1. The van der Waals surface area contributed by atoms with Crippen LogP contribution in [0.4, 0.5) is 17.6 Å². The van der Waals surface area contributed by atoms with E-state index in [1.807, 2.05) is 0 Å². The number of benzene rings is 2. The van der Waals surface area contributed by atoms with Gasteiger partial charge in [-0.15, -0.1) is 0 Å². The van der Waals surface area contributed by atoms with E-state index in [0.717, 1.165) is 22.8 Å². The van der Waals surface area contributed by atoms with Crippen molar-refractivity contribution >= 4 is 11.0 Å². The lowest BCUT2D eigenvalue weighted by atomic mass is 9.98. The van der Waals surface area contributed by atoms with E-state index < -0.39 is 28.7 Å². The highest BCUT2D eigenvalue weighted by atomic mass is 19.4. The lowest BCUT2D eigenvalue weighted by Crippen LogP contribution is -2.36. The monoisotopic (exact) mass is 352 g/mol. The third kappa shape index (κ3) is 2.95. The van der Waals surface area contributed by atoms with Gasteiger partial charge in [0.05, 0.1) is 16.6 Å². The van der Waals surface area contributed by atoms with E-state index in [-0.39, 0.29) is 28.7 Å². The molecule has 1 heterocycles. The highest BCUT2D eigenvalue weighted by Crippen LogP contribution is 2.38. The van der Waals surface area contributed by atoms with Crippen LogP contribution in [-0.2, 0) is 12.7 Å². The molecule has 0 aliphatic rings. The predicted molar refractivity (Wildman–Crippen MR) is 84.9 cm³/mol. The molecule has 0 aliphatic carbocycles. The molecule has 8 heteroatoms. The van der Waals surface area contributed by atoms with Crippen LogP contribution in [0.25, 0.3) is 22.2 Å². The van der Waals surface area contributed by atoms with Crippen molar-refractivity contribution in [2.24, 2.45) is 0 Å². The summed E-state index contributed by atoms with van der Waals surface area (Å²) >= 11 is 0. The minimum absolute atomic E-state index is 0.0929. The second kappa shape index (κ2) is 5.87. The van der Waals surface area contributed by atoms with Crippen LogP contribution in [-0.4, -0.2) is 9.55 Å². The quantitative estimate of drug-likeness (QED) is 0.567. The van der Waals surface area contributed by atoms with Crippen molar-refractivity contribution in [2.75, 3.05) is 0 Å². The van der Waals surface area contributed by atoms with Crippen molar-refractivity contribution in [1.82, 2.24) is 9.55 Å². The number of fused-ring (bicyclic) bond motifs is 1. The van der Waals surface area contributed by atoms with Gasteiger partial charge in [-0.3, -0.25) is 9.59 Å². The summed E-state index contributed by atoms with van der Waals surface area (Å²) in [6.45, 7) is 1.73. The summed E-state index contributed by atoms with van der Waals surface area (Å²) in [6.07, 6.45) is -4.69. The summed E-state index contributed by atoms with van der Waals surface area (Å²) in [7, 11) is 0. The normalized spacial score (nSPS) is 11.9. The van der Waals surface area contributed by atoms with Gasteiger partial charge in [0.15, 0.2) is 0 Å². The van der Waals surface area contributed by atoms with Gasteiger partial charge in [0.1, 0.15) is 5.82 Å². The Morgan fingerprint density at radius 1 is 1.08 bits per heavy atom. The molecule has 4 nitrogen and oxygen atoms in total. The second-order valence-electron chi connectivity index (χ2n) is 5.42. The predicted octanol–water partition coefficient (Wildman–Crippen LogP) is 3.53. The van der Waals surface area contributed by atoms with Crippen LogP contribution in [0, 0.1) is 5.82 Å². The molecule has 2 aromatic carbocycles. The van der Waals surface area contributed by atoms with Gasteiger partial charge in [-0.25, -0.2) is 4.39 Å². The minimum Gasteiger partial charge on any atom is -0.316 e. The zero-order valence-corrected chi connectivity index (χ0v) is 12.9. The van der Waals surface area contributed by atoms with E-state index >= 15 is 0 Å². The molecule has 0 saturated carbocycles. The average Bonchev–Trinajstić information content (AvgIpc) is 2.55. The van der Waals surface area contributed by atoms with Crippen molar-refractivity contribution in [1.29, 1.82) is 0 Å². The Morgan fingerprint density at radius 3 is 2.28 bits per heavy atom. The summed E-state index contributed by atoms with van der Waals surface area (Å²) < 4.78 is 54.6. The first-order chi connectivity index (χ1) is 11.7. The first kappa shape index (κ1) is 16.9. The third-order valence-electron chi connectivity index (χ3n) is 3.89. The molecule has 1 N–H and O–H groups in total. The Kier molecular flexibility index (Phi) is 3.98. The van der Waals surface area contributed by atoms with Gasteiger partial charge in [0.2, 0.25) is 0 Å². The number of halogens is 4. The van der Waals surface area contributed by atoms with E-state index in [9.17, 15) is 27.2 Å². The first-order valence-electron chi connectivity index (χ1n) is 7.36. The molecular formula is C17H12F4N2O2. The molecule has 0 saturated heterocycles. The zero-order chi connectivity index (χ0) is 18.4. The molecule has 0 aliphatic heterocycles. The Bertz CT molecular complexity index is 1060. The number of nitrogens with one attached hydrogen (secondary N) is 1. The molecule has 1 aromatic heterocycles. The molecule has 0 fully saturated rings. The largest absolute Gasteiger partial charge is 0.417 e. The number of aryl methyl sites for hydroxylation is 1. The molecule has 130 valence electrons. The van der Waals surface area contributed by atoms with Crippen molar-refractivity contribution in [3.05, 3.63) is 68.5 Å². The zero-order valence-electron chi connectivity index (χ0n) is 12.9. The van der Waals surface area contributed by atoms with Gasteiger partial charge in [-0.05, 0) is 42.3 Å². The Labute approximate surface area is 138 Å². The van der Waals surface area contributed by atoms with Crippen LogP contribution in [0.1, 0.15) is 12.5 Å². The van der Waals surface area contributed by atoms with Crippen molar-refractivity contribution in [3.63, 3.8) is 0 Å². The van der Waals surface area contributed by atoms with Crippen LogP contribution in [0.15, 0.2) is 46.0 Å². The summed E-state index contributed by atoms with van der Waals surface area (Å²) in [5.74, 6) is -0.576. The van der Waals surface area contributed by atoms with Crippen LogP contribution >= 0.6 is 0 Å². The van der Waals surface area contributed by atoms with Crippen LogP contribution in [0.5, 0.6) is 0 Å². The number of rotatable bonds is 2. The van der Waals surface area contributed by atoms with Crippen LogP contribution < -0.4 is 11.1 Å². The fraction of sp³-hybridized carbons (Fsp3) is 0.176. The van der Waals surface area contributed by atoms with Crippen molar-refractivity contribution in [3.8, 4) is 11.1 Å². The number of aromatic amines is 1. The van der Waals surface area contributed by atoms with Gasteiger partial charge < -0.3 is 9.55 Å². The average molecular weight is 352 g/mol. The Hall–Kier alpha value is -2.90. The third-order valence-corrected chi connectivity index (χ3v) is 3.89. The lowest BCUT2D eigenvalue weighted by molar-refractivity contribution is -0.137. The molecule has 0 spiro atoms. The number of H-pyrrole nitrogens is 1. The summed E-state index contributed by atoms with van der Waals surface area (Å²) in [4.78, 5) is 25.8. The molecule has 0 bridgehead atoms. The fourth-order valence-corrected chi connectivity index (χ4v) is 2.74. The Balaban J connectivity index is 2.45. The lowest BCUT2D eigenvalue weighted by Gasteiger charge is -2.16. The standard InChI is InChI=1S/C17H12F4N2O2/c1-2-23-14-7-11(9-3-5-10(18)6-4-9)12(17(19,20)21)8-13(14)22-15(24)16(23)25/h3-8H,2H2,1H3,(H,22,24). The SMILES string of the molecule is CCn1c(=O)c(=O)[nH]c2cc(C(F)(F)F)c(-c3ccc(F)cc3)cc21. The molecule has 0 radical (unpaired) electrons. The van der Waals surface area contributed by atoms with E-state index in [2.05, 4.69) is 4.98 Å². The number of nitrogens with zero attached hydrogens (tertiary/aromatic N) is 1. The van der Waals surface area contributed by atoms with Gasteiger partial charge in [0, 0.05) is 6.54 Å². The molecular weight excluding hydrogens is 340 g/mol. The summed E-state index contributed by atoms with van der Waals surface area (Å²) in [5.41, 5.74) is -2.80. The van der Waals surface area contributed by atoms with E-state index in [1.165, 1.54) is 18.2 Å². The van der Waals surface area contributed by atoms with Gasteiger partial charge in [-0.1, -0.05) is 12.1 Å². The summed E-state index contributed by atoms with van der Waals surface area (Å²) in [6, 6.07) is 6.55. The molecule has 0 atom stereocenters. The maximum Gasteiger partial charge on any atom is 0.417 e. The van der Waals surface area contributed by atoms with Crippen molar-refractivity contribution < 1.29 is 17.6 Å². The smallest absolute Gasteiger partial charge is 0.316 e. The maximum atomic E-state index is 13.5. The highest BCUT2D eigenvalue weighted by molar-refractivity contribution is 5.84. The first-order valence-corrected chi connectivity index (χ1v) is 7.36. The van der Waals surface area contributed by atoms with Gasteiger partial charge in [0.25, 0.3) is 0 Å². The number of aromatic nitrogens is 2. The second-order valence-corrected chi connectivity index (χ2v) is 5.42. The van der Waals surface area contributed by atoms with E-state index in [0.29, 0.717) is 0 Å². The van der Waals surface area contributed by atoms with Crippen LogP contribution in [0.2, 0.25) is 0 Å². The molecule has 0 amide bonds. The van der Waals surface area contributed by atoms with E-state index in [4.69, 9.17) is 0 Å². The van der Waals surface area contributed by atoms with E-state index in [1.54, 1.807) is 6.92 Å². The molecule has 3 rings (SSSR count). The van der Waals surface area contributed by atoms with Crippen LogP contribution in [0.3, 0.4) is 0 Å².